The van der Waals surface area contributed by atoms with Crippen LogP contribution in [-0.4, -0.2) is 43.6 Å². The van der Waals surface area contributed by atoms with E-state index in [0.717, 1.165) is 38.1 Å². The lowest BCUT2D eigenvalue weighted by molar-refractivity contribution is -0.137. The zero-order valence-corrected chi connectivity index (χ0v) is 12.3. The quantitative estimate of drug-likeness (QED) is 0.927. The summed E-state index contributed by atoms with van der Waals surface area (Å²) in [4.78, 5) is 13.7. The smallest absolute Gasteiger partial charge is 0.416 e. The highest BCUT2D eigenvalue weighted by Crippen LogP contribution is 2.31. The highest BCUT2D eigenvalue weighted by Gasteiger charge is 2.30. The molecule has 4 nitrogen and oxygen atoms in total. The standard InChI is InChI=1S/C15H19F3N2O2/c1-20(12-5-7-19-8-6-12)14(21)10-22-13-4-2-3-11(9-13)15(16,17)18/h2-4,9,12,19H,5-8,10H2,1H3. The van der Waals surface area contributed by atoms with Crippen LogP contribution in [0.25, 0.3) is 0 Å². The number of hydrogen-bond acceptors (Lipinski definition) is 3. The molecule has 1 N–H and O–H groups in total. The molecule has 0 atom stereocenters. The number of piperidine rings is 1. The predicted molar refractivity (Wildman–Crippen MR) is 75.6 cm³/mol. The molecule has 1 aromatic rings. The van der Waals surface area contributed by atoms with Gasteiger partial charge in [0.1, 0.15) is 5.75 Å². The average molecular weight is 316 g/mol. The number of nitrogens with one attached hydrogen (secondary N) is 1. The molecule has 0 radical (unpaired) electrons. The SMILES string of the molecule is CN(C(=O)COc1cccc(C(F)(F)F)c1)C1CCNCC1. The molecule has 0 unspecified atom stereocenters. The van der Waals surface area contributed by atoms with Gasteiger partial charge in [0.2, 0.25) is 0 Å². The van der Waals surface area contributed by atoms with Crippen LogP contribution in [0.15, 0.2) is 24.3 Å². The molecule has 1 aliphatic heterocycles. The van der Waals surface area contributed by atoms with Crippen molar-refractivity contribution in [2.24, 2.45) is 0 Å². The second kappa shape index (κ2) is 7.00. The summed E-state index contributed by atoms with van der Waals surface area (Å²) in [5, 5.41) is 3.21. The third-order valence-electron chi connectivity index (χ3n) is 3.77. The molecule has 0 saturated carbocycles. The first-order valence-corrected chi connectivity index (χ1v) is 7.14. The van der Waals surface area contributed by atoms with E-state index in [9.17, 15) is 18.0 Å². The molecule has 1 aromatic carbocycles. The number of alkyl halides is 3. The van der Waals surface area contributed by atoms with Crippen LogP contribution in [0.4, 0.5) is 13.2 Å². The Kier molecular flexibility index (Phi) is 5.28. The van der Waals surface area contributed by atoms with Crippen molar-refractivity contribution in [2.75, 3.05) is 26.7 Å². The first-order chi connectivity index (χ1) is 10.4. The van der Waals surface area contributed by atoms with Gasteiger partial charge in [-0.3, -0.25) is 4.79 Å². The van der Waals surface area contributed by atoms with Crippen LogP contribution in [0.2, 0.25) is 0 Å². The third kappa shape index (κ3) is 4.37. The summed E-state index contributed by atoms with van der Waals surface area (Å²) in [5.74, 6) is -0.189. The molecule has 1 fully saturated rings. The molecule has 0 bridgehead atoms. The highest BCUT2D eigenvalue weighted by atomic mass is 19.4. The van der Waals surface area contributed by atoms with Gasteiger partial charge in [-0.2, -0.15) is 13.2 Å². The van der Waals surface area contributed by atoms with E-state index in [0.29, 0.717) is 0 Å². The Morgan fingerprint density at radius 1 is 1.36 bits per heavy atom. The first-order valence-electron chi connectivity index (χ1n) is 7.14. The van der Waals surface area contributed by atoms with Gasteiger partial charge in [-0.1, -0.05) is 6.07 Å². The number of nitrogens with zero attached hydrogens (tertiary/aromatic N) is 1. The van der Waals surface area contributed by atoms with Gasteiger partial charge in [0, 0.05) is 13.1 Å². The third-order valence-corrected chi connectivity index (χ3v) is 3.77. The predicted octanol–water partition coefficient (Wildman–Crippen LogP) is 2.29. The molecule has 0 spiro atoms. The average Bonchev–Trinajstić information content (AvgIpc) is 2.52. The van der Waals surface area contributed by atoms with Crippen LogP contribution in [0.5, 0.6) is 5.75 Å². The molecular formula is C15H19F3N2O2. The summed E-state index contributed by atoms with van der Waals surface area (Å²) in [5.41, 5.74) is -0.788. The number of carbonyl (C=O) groups excluding carboxylic acids is 1. The fourth-order valence-corrected chi connectivity index (χ4v) is 2.41. The number of likely N-dealkylation sites (N-methyl/N-ethyl adjacent to an activating group) is 1. The van der Waals surface area contributed by atoms with E-state index >= 15 is 0 Å². The number of benzene rings is 1. The van der Waals surface area contributed by atoms with Gasteiger partial charge in [-0.15, -0.1) is 0 Å². The molecular weight excluding hydrogens is 297 g/mol. The van der Waals surface area contributed by atoms with Crippen LogP contribution >= 0.6 is 0 Å². The maximum Gasteiger partial charge on any atom is 0.416 e. The zero-order chi connectivity index (χ0) is 16.2. The van der Waals surface area contributed by atoms with Crippen molar-refractivity contribution in [1.29, 1.82) is 0 Å². The Labute approximate surface area is 127 Å². The zero-order valence-electron chi connectivity index (χ0n) is 12.3. The second-order valence-electron chi connectivity index (χ2n) is 5.30. The fraction of sp³-hybridized carbons (Fsp3) is 0.533. The van der Waals surface area contributed by atoms with E-state index in [-0.39, 0.29) is 24.3 Å². The summed E-state index contributed by atoms with van der Waals surface area (Å²) in [6.45, 7) is 1.45. The highest BCUT2D eigenvalue weighted by molar-refractivity contribution is 5.77. The summed E-state index contributed by atoms with van der Waals surface area (Å²) in [6.07, 6.45) is -2.69. The largest absolute Gasteiger partial charge is 0.484 e. The van der Waals surface area contributed by atoms with Crippen molar-refractivity contribution >= 4 is 5.91 Å². The van der Waals surface area contributed by atoms with Gasteiger partial charge in [0.15, 0.2) is 6.61 Å². The molecule has 1 amide bonds. The molecule has 122 valence electrons. The van der Waals surface area contributed by atoms with Gasteiger partial charge in [-0.25, -0.2) is 0 Å². The van der Waals surface area contributed by atoms with Gasteiger partial charge in [-0.05, 0) is 44.1 Å². The molecule has 22 heavy (non-hydrogen) atoms. The van der Waals surface area contributed by atoms with E-state index < -0.39 is 11.7 Å². The molecule has 1 heterocycles. The molecule has 0 aromatic heterocycles. The first kappa shape index (κ1) is 16.6. The minimum absolute atomic E-state index is 0.0434. The van der Waals surface area contributed by atoms with E-state index in [2.05, 4.69) is 5.32 Å². The van der Waals surface area contributed by atoms with Crippen molar-refractivity contribution in [3.8, 4) is 5.75 Å². The number of carbonyl (C=O) groups is 1. The van der Waals surface area contributed by atoms with Crippen LogP contribution in [0.1, 0.15) is 18.4 Å². The van der Waals surface area contributed by atoms with Crippen LogP contribution in [-0.2, 0) is 11.0 Å². The Morgan fingerprint density at radius 2 is 2.05 bits per heavy atom. The minimum atomic E-state index is -4.42. The van der Waals surface area contributed by atoms with Crippen LogP contribution in [0.3, 0.4) is 0 Å². The second-order valence-corrected chi connectivity index (χ2v) is 5.30. The van der Waals surface area contributed by atoms with Crippen molar-refractivity contribution in [2.45, 2.75) is 25.1 Å². The normalized spacial score (nSPS) is 16.4. The Morgan fingerprint density at radius 3 is 2.68 bits per heavy atom. The van der Waals surface area contributed by atoms with Crippen LogP contribution < -0.4 is 10.1 Å². The van der Waals surface area contributed by atoms with Gasteiger partial charge < -0.3 is 15.0 Å². The van der Waals surface area contributed by atoms with Crippen molar-refractivity contribution in [3.63, 3.8) is 0 Å². The van der Waals surface area contributed by atoms with Crippen molar-refractivity contribution in [3.05, 3.63) is 29.8 Å². The van der Waals surface area contributed by atoms with Crippen molar-refractivity contribution < 1.29 is 22.7 Å². The summed E-state index contributed by atoms with van der Waals surface area (Å²) in [6, 6.07) is 4.69. The number of amides is 1. The van der Waals surface area contributed by atoms with Crippen molar-refractivity contribution in [1.82, 2.24) is 10.2 Å². The monoisotopic (exact) mass is 316 g/mol. The number of ether oxygens (including phenoxy) is 1. The van der Waals surface area contributed by atoms with Gasteiger partial charge in [0.05, 0.1) is 5.56 Å². The fourth-order valence-electron chi connectivity index (χ4n) is 2.41. The molecule has 0 aliphatic carbocycles. The molecule has 7 heteroatoms. The number of halogens is 3. The lowest BCUT2D eigenvalue weighted by atomic mass is 10.1. The Balaban J connectivity index is 1.90. The Hall–Kier alpha value is -1.76. The van der Waals surface area contributed by atoms with Gasteiger partial charge >= 0.3 is 6.18 Å². The van der Waals surface area contributed by atoms with E-state index in [1.807, 2.05) is 0 Å². The van der Waals surface area contributed by atoms with E-state index in [1.54, 1.807) is 11.9 Å². The minimum Gasteiger partial charge on any atom is -0.484 e. The maximum atomic E-state index is 12.6. The van der Waals surface area contributed by atoms with Crippen LogP contribution in [0, 0.1) is 0 Å². The summed E-state index contributed by atoms with van der Waals surface area (Å²) >= 11 is 0. The van der Waals surface area contributed by atoms with E-state index in [1.165, 1.54) is 12.1 Å². The van der Waals surface area contributed by atoms with Gasteiger partial charge in [0.25, 0.3) is 5.91 Å². The molecule has 2 rings (SSSR count). The number of hydrogen-bond donors (Lipinski definition) is 1. The summed E-state index contributed by atoms with van der Waals surface area (Å²) in [7, 11) is 1.70. The topological polar surface area (TPSA) is 41.6 Å². The maximum absolute atomic E-state index is 12.6. The molecule has 1 saturated heterocycles. The number of rotatable bonds is 4. The lowest BCUT2D eigenvalue weighted by Crippen LogP contribution is -2.45. The summed E-state index contributed by atoms with van der Waals surface area (Å²) < 4.78 is 43.0. The molecule has 1 aliphatic rings. The Bertz CT molecular complexity index is 514. The lowest BCUT2D eigenvalue weighted by Gasteiger charge is -2.31. The van der Waals surface area contributed by atoms with E-state index in [4.69, 9.17) is 4.74 Å².